The Morgan fingerprint density at radius 3 is 1.34 bits per heavy atom. The average molecular weight is 908 g/mol. The zero-order valence-corrected chi connectivity index (χ0v) is 41.8. The van der Waals surface area contributed by atoms with Crippen LogP contribution in [0.4, 0.5) is 0 Å². The lowest BCUT2D eigenvalue weighted by molar-refractivity contribution is -0.302. The average Bonchev–Trinajstić information content (AvgIpc) is 3.29. The van der Waals surface area contributed by atoms with Crippen molar-refractivity contribution in [2.24, 2.45) is 0 Å². The van der Waals surface area contributed by atoms with Crippen LogP contribution in [0.15, 0.2) is 24.3 Å². The van der Waals surface area contributed by atoms with Crippen molar-refractivity contribution in [1.82, 2.24) is 5.32 Å². The van der Waals surface area contributed by atoms with E-state index in [9.17, 15) is 30.3 Å². The fourth-order valence-electron chi connectivity index (χ4n) is 8.90. The van der Waals surface area contributed by atoms with Crippen LogP contribution in [0.25, 0.3) is 0 Å². The topological polar surface area (TPSA) is 149 Å². The highest BCUT2D eigenvalue weighted by atomic mass is 16.7. The van der Waals surface area contributed by atoms with Gasteiger partial charge in [-0.3, -0.25) is 4.79 Å². The minimum absolute atomic E-state index is 0.136. The Bertz CT molecular complexity index is 1060. The molecule has 1 aliphatic rings. The Balaban J connectivity index is 2.23. The number of hydrogen-bond donors (Lipinski definition) is 6. The van der Waals surface area contributed by atoms with Gasteiger partial charge in [-0.1, -0.05) is 237 Å². The Morgan fingerprint density at radius 1 is 0.531 bits per heavy atom. The predicted molar refractivity (Wildman–Crippen MR) is 267 cm³/mol. The van der Waals surface area contributed by atoms with E-state index in [1.54, 1.807) is 0 Å². The highest BCUT2D eigenvalue weighted by Crippen LogP contribution is 2.23. The molecule has 1 aliphatic heterocycles. The molecule has 1 amide bonds. The molecule has 0 aromatic heterocycles. The van der Waals surface area contributed by atoms with Crippen LogP contribution >= 0.6 is 0 Å². The van der Waals surface area contributed by atoms with Crippen LogP contribution in [0.5, 0.6) is 0 Å². The molecule has 1 heterocycles. The molecule has 0 radical (unpaired) electrons. The number of hydrogen-bond acceptors (Lipinski definition) is 8. The van der Waals surface area contributed by atoms with Gasteiger partial charge in [-0.25, -0.2) is 0 Å². The van der Waals surface area contributed by atoms with Crippen molar-refractivity contribution in [3.8, 4) is 0 Å². The number of aliphatic hydroxyl groups is 5. The molecular formula is C55H105NO8. The molecule has 1 rings (SSSR count). The minimum Gasteiger partial charge on any atom is -0.394 e. The first-order valence-corrected chi connectivity index (χ1v) is 27.5. The van der Waals surface area contributed by atoms with Gasteiger partial charge in [-0.2, -0.15) is 0 Å². The number of ether oxygens (including phenoxy) is 2. The second-order valence-corrected chi connectivity index (χ2v) is 19.4. The minimum atomic E-state index is -1.55. The fourth-order valence-corrected chi connectivity index (χ4v) is 8.90. The molecule has 0 aliphatic carbocycles. The first-order valence-electron chi connectivity index (χ1n) is 27.5. The second kappa shape index (κ2) is 45.5. The number of aliphatic hydroxyl groups excluding tert-OH is 5. The van der Waals surface area contributed by atoms with Gasteiger partial charge in [0.15, 0.2) is 6.29 Å². The SMILES string of the molecule is CCCCCCC/C=C\C/C=C\CCCCCCCCCCCCCC(=O)NC(COC1OC(CO)C(O)C(O)C1O)C(O)CCCCCCCCCCCCCCCCCCCC. The van der Waals surface area contributed by atoms with Crippen molar-refractivity contribution in [1.29, 1.82) is 0 Å². The van der Waals surface area contributed by atoms with E-state index in [0.717, 1.165) is 44.9 Å². The molecule has 9 nitrogen and oxygen atoms in total. The summed E-state index contributed by atoms with van der Waals surface area (Å²) in [5, 5.41) is 54.6. The molecule has 0 spiro atoms. The van der Waals surface area contributed by atoms with E-state index < -0.39 is 49.5 Å². The molecule has 6 N–H and O–H groups in total. The summed E-state index contributed by atoms with van der Waals surface area (Å²) in [7, 11) is 0. The zero-order valence-electron chi connectivity index (χ0n) is 41.8. The highest BCUT2D eigenvalue weighted by Gasteiger charge is 2.44. The molecule has 64 heavy (non-hydrogen) atoms. The number of allylic oxidation sites excluding steroid dienone is 4. The smallest absolute Gasteiger partial charge is 0.220 e. The number of carbonyl (C=O) groups excluding carboxylic acids is 1. The van der Waals surface area contributed by atoms with Gasteiger partial charge in [0, 0.05) is 6.42 Å². The Morgan fingerprint density at radius 2 is 0.922 bits per heavy atom. The third-order valence-electron chi connectivity index (χ3n) is 13.3. The maximum Gasteiger partial charge on any atom is 0.220 e. The first-order chi connectivity index (χ1) is 31.3. The molecule has 0 saturated carbocycles. The van der Waals surface area contributed by atoms with Crippen LogP contribution < -0.4 is 5.32 Å². The number of rotatable bonds is 47. The molecule has 0 aromatic rings. The van der Waals surface area contributed by atoms with Crippen molar-refractivity contribution in [2.75, 3.05) is 13.2 Å². The van der Waals surface area contributed by atoms with E-state index in [-0.39, 0.29) is 12.5 Å². The van der Waals surface area contributed by atoms with Gasteiger partial charge in [0.05, 0.1) is 25.4 Å². The molecule has 0 bridgehead atoms. The number of unbranched alkanes of at least 4 members (excludes halogenated alkanes) is 33. The molecule has 9 heteroatoms. The first kappa shape index (κ1) is 60.7. The summed E-state index contributed by atoms with van der Waals surface area (Å²) in [4.78, 5) is 13.1. The van der Waals surface area contributed by atoms with Gasteiger partial charge in [0.1, 0.15) is 24.4 Å². The normalized spacial score (nSPS) is 20.1. The summed E-state index contributed by atoms with van der Waals surface area (Å²) < 4.78 is 11.3. The van der Waals surface area contributed by atoms with Crippen LogP contribution in [-0.4, -0.2) is 87.5 Å². The molecule has 7 atom stereocenters. The molecule has 378 valence electrons. The van der Waals surface area contributed by atoms with Gasteiger partial charge in [-0.05, 0) is 44.9 Å². The van der Waals surface area contributed by atoms with E-state index in [2.05, 4.69) is 43.5 Å². The molecule has 0 aromatic carbocycles. The quantitative estimate of drug-likeness (QED) is 0.0261. The summed E-state index contributed by atoms with van der Waals surface area (Å²) in [6, 6.07) is -0.718. The van der Waals surface area contributed by atoms with Crippen LogP contribution in [0.2, 0.25) is 0 Å². The van der Waals surface area contributed by atoms with Crippen LogP contribution in [0, 0.1) is 0 Å². The van der Waals surface area contributed by atoms with Gasteiger partial charge < -0.3 is 40.3 Å². The van der Waals surface area contributed by atoms with Crippen LogP contribution in [-0.2, 0) is 14.3 Å². The maximum absolute atomic E-state index is 13.1. The summed E-state index contributed by atoms with van der Waals surface area (Å²) >= 11 is 0. The third kappa shape index (κ3) is 34.9. The molecular weight excluding hydrogens is 803 g/mol. The molecule has 7 unspecified atom stereocenters. The second-order valence-electron chi connectivity index (χ2n) is 19.4. The summed E-state index contributed by atoms with van der Waals surface area (Å²) in [5.74, 6) is -0.143. The van der Waals surface area contributed by atoms with Gasteiger partial charge in [-0.15, -0.1) is 0 Å². The number of amides is 1. The predicted octanol–water partition coefficient (Wildman–Crippen LogP) is 13.0. The van der Waals surface area contributed by atoms with Crippen molar-refractivity contribution in [3.05, 3.63) is 24.3 Å². The summed E-state index contributed by atoms with van der Waals surface area (Å²) in [5.41, 5.74) is 0. The highest BCUT2D eigenvalue weighted by molar-refractivity contribution is 5.76. The van der Waals surface area contributed by atoms with E-state index in [1.807, 2.05) is 0 Å². The van der Waals surface area contributed by atoms with Gasteiger partial charge >= 0.3 is 0 Å². The summed E-state index contributed by atoms with van der Waals surface area (Å²) in [6.07, 6.45) is 49.0. The van der Waals surface area contributed by atoms with Crippen molar-refractivity contribution in [3.63, 3.8) is 0 Å². The number of nitrogens with one attached hydrogen (secondary N) is 1. The molecule has 1 fully saturated rings. The lowest BCUT2D eigenvalue weighted by Gasteiger charge is -2.40. The van der Waals surface area contributed by atoms with E-state index in [4.69, 9.17) is 9.47 Å². The van der Waals surface area contributed by atoms with E-state index in [0.29, 0.717) is 12.8 Å². The zero-order chi connectivity index (χ0) is 46.6. The lowest BCUT2D eigenvalue weighted by Crippen LogP contribution is -2.60. The van der Waals surface area contributed by atoms with E-state index in [1.165, 1.54) is 193 Å². The monoisotopic (exact) mass is 908 g/mol. The van der Waals surface area contributed by atoms with Gasteiger partial charge in [0.25, 0.3) is 0 Å². The van der Waals surface area contributed by atoms with Crippen LogP contribution in [0.1, 0.15) is 264 Å². The summed E-state index contributed by atoms with van der Waals surface area (Å²) in [6.45, 7) is 3.85. The largest absolute Gasteiger partial charge is 0.394 e. The fraction of sp³-hybridized carbons (Fsp3) is 0.909. The number of carbonyl (C=O) groups is 1. The van der Waals surface area contributed by atoms with Crippen molar-refractivity contribution < 1.29 is 39.8 Å². The Hall–Kier alpha value is -1.33. The van der Waals surface area contributed by atoms with Crippen molar-refractivity contribution >= 4 is 5.91 Å². The molecule has 1 saturated heterocycles. The Labute approximate surface area is 394 Å². The van der Waals surface area contributed by atoms with Gasteiger partial charge in [0.2, 0.25) is 5.91 Å². The lowest BCUT2D eigenvalue weighted by atomic mass is 9.99. The third-order valence-corrected chi connectivity index (χ3v) is 13.3. The Kier molecular flexibility index (Phi) is 43.1. The van der Waals surface area contributed by atoms with Crippen molar-refractivity contribution in [2.45, 2.75) is 307 Å². The maximum atomic E-state index is 13.1. The van der Waals surface area contributed by atoms with E-state index >= 15 is 0 Å². The standard InChI is InChI=1S/C55H105NO8/c1-3-5-7-9-11-13-15-17-19-21-23-24-25-26-27-29-31-33-35-37-39-41-43-45-51(59)56-48(47-63-55-54(62)53(61)52(60)50(46-57)64-55)49(58)44-42-40-38-36-34-32-30-28-22-20-18-16-14-12-10-8-6-4-2/h15,17,21,23,48-50,52-55,57-58,60-62H,3-14,16,18-20,22,24-47H2,1-2H3,(H,56,59)/b17-15-,23-21-. The van der Waals surface area contributed by atoms with Crippen LogP contribution in [0.3, 0.4) is 0 Å².